The Bertz CT molecular complexity index is 292. The van der Waals surface area contributed by atoms with Gasteiger partial charge in [-0.1, -0.05) is 5.16 Å². The molecule has 13 heavy (non-hydrogen) atoms. The molecule has 1 aromatic heterocycles. The van der Waals surface area contributed by atoms with Crippen molar-refractivity contribution in [3.63, 3.8) is 0 Å². The lowest BCUT2D eigenvalue weighted by atomic mass is 10.3. The van der Waals surface area contributed by atoms with Gasteiger partial charge < -0.3 is 18.8 Å². The van der Waals surface area contributed by atoms with E-state index in [0.717, 1.165) is 6.29 Å². The van der Waals surface area contributed by atoms with Gasteiger partial charge in [0.15, 0.2) is 12.1 Å². The number of ether oxygens (including phenoxy) is 2. The molecule has 0 N–H and O–H groups in total. The first-order valence-corrected chi connectivity index (χ1v) is 4.00. The minimum atomic E-state index is -0.0837. The van der Waals surface area contributed by atoms with Crippen LogP contribution in [0.5, 0.6) is 0 Å². The zero-order chi connectivity index (χ0) is 9.10. The molecule has 2 heterocycles. The van der Waals surface area contributed by atoms with Gasteiger partial charge in [0, 0.05) is 12.5 Å². The highest BCUT2D eigenvalue weighted by Crippen LogP contribution is 2.14. The Morgan fingerprint density at radius 1 is 1.77 bits per heavy atom. The molecule has 1 aliphatic rings. The number of nitrogens with zero attached hydrogens (tertiary/aromatic N) is 1. The second-order valence-corrected chi connectivity index (χ2v) is 2.73. The van der Waals surface area contributed by atoms with Crippen molar-refractivity contribution < 1.29 is 18.8 Å². The smallest absolute Gasteiger partial charge is 0.181 e. The minimum Gasteiger partial charge on any atom is -0.359 e. The predicted molar refractivity (Wildman–Crippen MR) is 40.8 cm³/mol. The van der Waals surface area contributed by atoms with Crippen molar-refractivity contribution in [1.29, 1.82) is 0 Å². The van der Waals surface area contributed by atoms with E-state index in [0.29, 0.717) is 24.7 Å². The van der Waals surface area contributed by atoms with Crippen molar-refractivity contribution in [2.24, 2.45) is 0 Å². The summed E-state index contributed by atoms with van der Waals surface area (Å²) in [6, 6.07) is 1.71. The SMILES string of the molecule is O=CCc1cc(COC2CO2)on1. The van der Waals surface area contributed by atoms with E-state index in [1.165, 1.54) is 0 Å². The standard InChI is InChI=1S/C8H9NO4/c10-2-1-6-3-7(13-9-6)4-11-8-5-12-8/h2-3,8H,1,4-5H2. The predicted octanol–water partition coefficient (Wildman–Crippen LogP) is 0.289. The Morgan fingerprint density at radius 2 is 2.62 bits per heavy atom. The van der Waals surface area contributed by atoms with E-state index < -0.39 is 0 Å². The molecule has 0 aliphatic carbocycles. The largest absolute Gasteiger partial charge is 0.359 e. The molecule has 2 rings (SSSR count). The monoisotopic (exact) mass is 183 g/mol. The Balaban J connectivity index is 1.84. The third-order valence-electron chi connectivity index (χ3n) is 1.61. The summed E-state index contributed by atoms with van der Waals surface area (Å²) in [6.45, 7) is 0.992. The zero-order valence-corrected chi connectivity index (χ0v) is 6.93. The van der Waals surface area contributed by atoms with E-state index in [1.807, 2.05) is 0 Å². The van der Waals surface area contributed by atoms with Crippen LogP contribution >= 0.6 is 0 Å². The van der Waals surface area contributed by atoms with Crippen molar-refractivity contribution in [3.05, 3.63) is 17.5 Å². The van der Waals surface area contributed by atoms with Crippen LogP contribution in [-0.2, 0) is 27.3 Å². The summed E-state index contributed by atoms with van der Waals surface area (Å²) in [4.78, 5) is 10.1. The Kier molecular flexibility index (Phi) is 2.37. The van der Waals surface area contributed by atoms with E-state index >= 15 is 0 Å². The molecule has 0 saturated carbocycles. The van der Waals surface area contributed by atoms with E-state index in [2.05, 4.69) is 5.16 Å². The van der Waals surface area contributed by atoms with Gasteiger partial charge >= 0.3 is 0 Å². The molecule has 70 valence electrons. The summed E-state index contributed by atoms with van der Waals surface area (Å²) >= 11 is 0. The average molecular weight is 183 g/mol. The number of carbonyl (C=O) groups is 1. The highest BCUT2D eigenvalue weighted by atomic mass is 16.8. The van der Waals surface area contributed by atoms with Gasteiger partial charge in [-0.3, -0.25) is 0 Å². The molecule has 1 fully saturated rings. The molecule has 5 nitrogen and oxygen atoms in total. The first kappa shape index (κ1) is 8.40. The van der Waals surface area contributed by atoms with Crippen LogP contribution in [0.4, 0.5) is 0 Å². The fourth-order valence-corrected chi connectivity index (χ4v) is 0.916. The highest BCUT2D eigenvalue weighted by Gasteiger charge is 2.23. The van der Waals surface area contributed by atoms with Gasteiger partial charge in [0.2, 0.25) is 0 Å². The first-order chi connectivity index (χ1) is 6.38. The molecule has 0 bridgehead atoms. The Labute approximate surface area is 74.6 Å². The summed E-state index contributed by atoms with van der Waals surface area (Å²) < 4.78 is 14.9. The summed E-state index contributed by atoms with van der Waals surface area (Å²) in [5.74, 6) is 0.618. The zero-order valence-electron chi connectivity index (χ0n) is 6.93. The van der Waals surface area contributed by atoms with Crippen molar-refractivity contribution >= 4 is 6.29 Å². The highest BCUT2D eigenvalue weighted by molar-refractivity contribution is 5.53. The first-order valence-electron chi connectivity index (χ1n) is 4.00. The number of carbonyl (C=O) groups excluding carboxylic acids is 1. The average Bonchev–Trinajstić information content (AvgIpc) is 2.85. The van der Waals surface area contributed by atoms with Crippen LogP contribution in [0.25, 0.3) is 0 Å². The van der Waals surface area contributed by atoms with E-state index in [-0.39, 0.29) is 12.7 Å². The molecule has 1 aromatic rings. The summed E-state index contributed by atoms with van der Waals surface area (Å²) in [5, 5.41) is 3.68. The molecular formula is C8H9NO4. The number of aldehydes is 1. The van der Waals surface area contributed by atoms with E-state index in [9.17, 15) is 4.79 Å². The number of hydrogen-bond acceptors (Lipinski definition) is 5. The van der Waals surface area contributed by atoms with Crippen molar-refractivity contribution in [3.8, 4) is 0 Å². The lowest BCUT2D eigenvalue weighted by Gasteiger charge is -1.92. The maximum absolute atomic E-state index is 10.1. The van der Waals surface area contributed by atoms with Crippen LogP contribution in [-0.4, -0.2) is 24.3 Å². The van der Waals surface area contributed by atoms with Crippen molar-refractivity contribution in [1.82, 2.24) is 5.16 Å². The third-order valence-corrected chi connectivity index (χ3v) is 1.61. The van der Waals surface area contributed by atoms with Gasteiger partial charge in [-0.05, 0) is 0 Å². The van der Waals surface area contributed by atoms with Crippen LogP contribution < -0.4 is 0 Å². The normalized spacial score (nSPS) is 20.2. The molecule has 1 atom stereocenters. The van der Waals surface area contributed by atoms with Gasteiger partial charge in [0.05, 0.1) is 5.69 Å². The lowest BCUT2D eigenvalue weighted by Crippen LogP contribution is -1.94. The lowest BCUT2D eigenvalue weighted by molar-refractivity contribution is -0.107. The van der Waals surface area contributed by atoms with Crippen LogP contribution in [0.3, 0.4) is 0 Å². The summed E-state index contributed by atoms with van der Waals surface area (Å²) in [5.41, 5.74) is 0.630. The van der Waals surface area contributed by atoms with Gasteiger partial charge in [0.25, 0.3) is 0 Å². The fraction of sp³-hybridized carbons (Fsp3) is 0.500. The molecule has 0 radical (unpaired) electrons. The summed E-state index contributed by atoms with van der Waals surface area (Å²) in [7, 11) is 0. The quantitative estimate of drug-likeness (QED) is 0.485. The second kappa shape index (κ2) is 3.68. The van der Waals surface area contributed by atoms with Crippen LogP contribution in [0, 0.1) is 0 Å². The Morgan fingerprint density at radius 3 is 3.31 bits per heavy atom. The third kappa shape index (κ3) is 2.37. The van der Waals surface area contributed by atoms with Crippen molar-refractivity contribution in [2.75, 3.05) is 6.61 Å². The fourth-order valence-electron chi connectivity index (χ4n) is 0.916. The van der Waals surface area contributed by atoms with Crippen LogP contribution in [0.1, 0.15) is 11.5 Å². The molecule has 0 aromatic carbocycles. The second-order valence-electron chi connectivity index (χ2n) is 2.73. The number of epoxide rings is 1. The molecule has 1 aliphatic heterocycles. The number of aromatic nitrogens is 1. The molecular weight excluding hydrogens is 174 g/mol. The van der Waals surface area contributed by atoms with Gasteiger partial charge in [-0.25, -0.2) is 0 Å². The molecule has 1 unspecified atom stereocenters. The maximum atomic E-state index is 10.1. The molecule has 5 heteroatoms. The number of rotatable bonds is 5. The molecule has 1 saturated heterocycles. The Hall–Kier alpha value is -1.20. The van der Waals surface area contributed by atoms with Crippen LogP contribution in [0.15, 0.2) is 10.6 Å². The molecule has 0 amide bonds. The maximum Gasteiger partial charge on any atom is 0.181 e. The number of hydrogen-bond donors (Lipinski definition) is 0. The van der Waals surface area contributed by atoms with E-state index in [1.54, 1.807) is 6.07 Å². The minimum absolute atomic E-state index is 0.0837. The van der Waals surface area contributed by atoms with Gasteiger partial charge in [-0.2, -0.15) is 0 Å². The molecule has 0 spiro atoms. The van der Waals surface area contributed by atoms with E-state index in [4.69, 9.17) is 14.0 Å². The summed E-state index contributed by atoms with van der Waals surface area (Å²) in [6.07, 6.45) is 0.982. The van der Waals surface area contributed by atoms with Gasteiger partial charge in [0.1, 0.15) is 19.5 Å². The van der Waals surface area contributed by atoms with Gasteiger partial charge in [-0.15, -0.1) is 0 Å². The topological polar surface area (TPSA) is 64.9 Å². The van der Waals surface area contributed by atoms with Crippen LogP contribution in [0.2, 0.25) is 0 Å². The van der Waals surface area contributed by atoms with Crippen molar-refractivity contribution in [2.45, 2.75) is 19.3 Å².